The second-order valence-corrected chi connectivity index (χ2v) is 5.55. The standard InChI is InChI=1S/C12H19BrN2O5S/c1-3-5-20-12(19)15-9(7-13)10(16)14-8(11(17)18)4-6-21-2/h3,8-9H,1,4-7H2,2H3,(H,14,16)(H,15,19)(H,17,18)/t8-,9-/m0/s1. The molecule has 120 valence electrons. The summed E-state index contributed by atoms with van der Waals surface area (Å²) in [6, 6.07) is -1.91. The minimum atomic E-state index is -1.11. The molecule has 7 nitrogen and oxygen atoms in total. The molecule has 0 saturated carbocycles. The van der Waals surface area contributed by atoms with Crippen molar-refractivity contribution in [3.63, 3.8) is 0 Å². The van der Waals surface area contributed by atoms with Gasteiger partial charge in [0.25, 0.3) is 0 Å². The third-order valence-electron chi connectivity index (χ3n) is 2.32. The number of alkyl halides is 1. The summed E-state index contributed by atoms with van der Waals surface area (Å²) >= 11 is 4.58. The third-order valence-corrected chi connectivity index (χ3v) is 3.61. The Hall–Kier alpha value is -1.22. The van der Waals surface area contributed by atoms with Crippen LogP contribution in [0.5, 0.6) is 0 Å². The van der Waals surface area contributed by atoms with Crippen molar-refractivity contribution in [3.8, 4) is 0 Å². The van der Waals surface area contributed by atoms with E-state index in [1.165, 1.54) is 17.8 Å². The molecule has 0 aromatic carbocycles. The van der Waals surface area contributed by atoms with E-state index in [9.17, 15) is 14.4 Å². The Morgan fingerprint density at radius 3 is 2.52 bits per heavy atom. The molecule has 0 fully saturated rings. The highest BCUT2D eigenvalue weighted by Gasteiger charge is 2.25. The Balaban J connectivity index is 4.50. The average Bonchev–Trinajstić information content (AvgIpc) is 2.46. The van der Waals surface area contributed by atoms with E-state index in [1.54, 1.807) is 0 Å². The molecule has 0 aromatic rings. The zero-order chi connectivity index (χ0) is 16.3. The maximum atomic E-state index is 12.0. The Bertz CT molecular complexity index is 381. The molecule has 2 amide bonds. The first kappa shape index (κ1) is 19.8. The van der Waals surface area contributed by atoms with Crippen LogP contribution in [-0.4, -0.2) is 59.1 Å². The van der Waals surface area contributed by atoms with Crippen molar-refractivity contribution in [2.24, 2.45) is 0 Å². The normalized spacial score (nSPS) is 12.9. The van der Waals surface area contributed by atoms with Crippen LogP contribution < -0.4 is 10.6 Å². The first-order valence-corrected chi connectivity index (χ1v) is 8.60. The van der Waals surface area contributed by atoms with E-state index in [0.29, 0.717) is 12.2 Å². The lowest BCUT2D eigenvalue weighted by Gasteiger charge is -2.19. The minimum absolute atomic E-state index is 0.0218. The fourth-order valence-electron chi connectivity index (χ4n) is 1.26. The summed E-state index contributed by atoms with van der Waals surface area (Å²) < 4.78 is 4.70. The third kappa shape index (κ3) is 8.61. The van der Waals surface area contributed by atoms with E-state index in [4.69, 9.17) is 9.84 Å². The van der Waals surface area contributed by atoms with Gasteiger partial charge in [-0.05, 0) is 18.4 Å². The number of alkyl carbamates (subject to hydrolysis) is 1. The van der Waals surface area contributed by atoms with E-state index in [2.05, 4.69) is 33.1 Å². The van der Waals surface area contributed by atoms with E-state index >= 15 is 0 Å². The summed E-state index contributed by atoms with van der Waals surface area (Å²) in [5.74, 6) is -1.10. The lowest BCUT2D eigenvalue weighted by molar-refractivity contribution is -0.142. The molecule has 9 heteroatoms. The van der Waals surface area contributed by atoms with Crippen LogP contribution in [0, 0.1) is 0 Å². The lowest BCUT2D eigenvalue weighted by Crippen LogP contribution is -2.52. The molecule has 0 saturated heterocycles. The van der Waals surface area contributed by atoms with Crippen LogP contribution in [0.3, 0.4) is 0 Å². The van der Waals surface area contributed by atoms with E-state index in [1.807, 2.05) is 6.26 Å². The number of hydrogen-bond donors (Lipinski definition) is 3. The van der Waals surface area contributed by atoms with E-state index in [-0.39, 0.29) is 11.9 Å². The molecule has 0 unspecified atom stereocenters. The summed E-state index contributed by atoms with van der Waals surface area (Å²) in [5.41, 5.74) is 0. The molecular formula is C12H19BrN2O5S. The Morgan fingerprint density at radius 2 is 2.05 bits per heavy atom. The first-order valence-electron chi connectivity index (χ1n) is 6.08. The van der Waals surface area contributed by atoms with Gasteiger partial charge in [0.15, 0.2) is 0 Å². The number of carboxylic acids is 1. The zero-order valence-electron chi connectivity index (χ0n) is 11.6. The average molecular weight is 383 g/mol. The smallest absolute Gasteiger partial charge is 0.408 e. The number of carboxylic acid groups (broad SMARTS) is 1. The SMILES string of the molecule is C=CCOC(=O)N[C@@H](CBr)C(=O)N[C@@H](CCSC)C(=O)O. The van der Waals surface area contributed by atoms with Crippen LogP contribution in [0.2, 0.25) is 0 Å². The molecule has 0 spiro atoms. The number of aliphatic carboxylic acids is 1. The Morgan fingerprint density at radius 1 is 1.38 bits per heavy atom. The van der Waals surface area contributed by atoms with Gasteiger partial charge in [-0.3, -0.25) is 4.79 Å². The number of carbonyl (C=O) groups excluding carboxylic acids is 2. The Labute approximate surface area is 136 Å². The summed E-state index contributed by atoms with van der Waals surface area (Å²) in [5, 5.41) is 13.9. The van der Waals surface area contributed by atoms with E-state index in [0.717, 1.165) is 0 Å². The Kier molecular flexibility index (Phi) is 10.8. The zero-order valence-corrected chi connectivity index (χ0v) is 14.0. The summed E-state index contributed by atoms with van der Waals surface area (Å²) in [6.07, 6.45) is 2.77. The second-order valence-electron chi connectivity index (χ2n) is 3.92. The number of hydrogen-bond acceptors (Lipinski definition) is 5. The monoisotopic (exact) mass is 382 g/mol. The minimum Gasteiger partial charge on any atom is -0.480 e. The topological polar surface area (TPSA) is 105 Å². The van der Waals surface area contributed by atoms with Crippen molar-refractivity contribution in [2.45, 2.75) is 18.5 Å². The number of rotatable bonds is 10. The number of nitrogens with one attached hydrogen (secondary N) is 2. The highest BCUT2D eigenvalue weighted by Crippen LogP contribution is 2.02. The molecule has 0 aliphatic carbocycles. The number of ether oxygens (including phenoxy) is 1. The van der Waals surface area contributed by atoms with Crippen LogP contribution in [0.1, 0.15) is 6.42 Å². The fourth-order valence-corrected chi connectivity index (χ4v) is 2.19. The number of thioether (sulfide) groups is 1. The molecule has 0 heterocycles. The van der Waals surface area contributed by atoms with Gasteiger partial charge in [-0.2, -0.15) is 11.8 Å². The first-order chi connectivity index (χ1) is 9.96. The summed E-state index contributed by atoms with van der Waals surface area (Å²) in [4.78, 5) is 34.4. The van der Waals surface area contributed by atoms with Gasteiger partial charge >= 0.3 is 12.1 Å². The predicted octanol–water partition coefficient (Wildman–Crippen LogP) is 0.985. The fraction of sp³-hybridized carbons (Fsp3) is 0.583. The predicted molar refractivity (Wildman–Crippen MR) is 84.8 cm³/mol. The molecule has 21 heavy (non-hydrogen) atoms. The molecule has 0 rings (SSSR count). The van der Waals surface area contributed by atoms with Gasteiger partial charge in [-0.1, -0.05) is 28.6 Å². The van der Waals surface area contributed by atoms with Gasteiger partial charge in [-0.15, -0.1) is 0 Å². The van der Waals surface area contributed by atoms with Crippen molar-refractivity contribution in [1.82, 2.24) is 10.6 Å². The van der Waals surface area contributed by atoms with Crippen LogP contribution >= 0.6 is 27.7 Å². The van der Waals surface area contributed by atoms with Crippen molar-refractivity contribution < 1.29 is 24.2 Å². The van der Waals surface area contributed by atoms with Gasteiger partial charge in [0.05, 0.1) is 0 Å². The van der Waals surface area contributed by atoms with Crippen molar-refractivity contribution >= 4 is 45.7 Å². The number of carbonyl (C=O) groups is 3. The largest absolute Gasteiger partial charge is 0.480 e. The molecule has 3 N–H and O–H groups in total. The molecule has 0 aromatic heterocycles. The van der Waals surface area contributed by atoms with Crippen molar-refractivity contribution in [2.75, 3.05) is 23.9 Å². The van der Waals surface area contributed by atoms with Gasteiger partial charge in [0.1, 0.15) is 18.7 Å². The van der Waals surface area contributed by atoms with E-state index < -0.39 is 30.1 Å². The molecule has 0 radical (unpaired) electrons. The number of halogens is 1. The molecule has 2 atom stereocenters. The molecular weight excluding hydrogens is 364 g/mol. The van der Waals surface area contributed by atoms with Crippen molar-refractivity contribution in [3.05, 3.63) is 12.7 Å². The maximum Gasteiger partial charge on any atom is 0.408 e. The van der Waals surface area contributed by atoms with Crippen LogP contribution in [0.4, 0.5) is 4.79 Å². The van der Waals surface area contributed by atoms with Crippen LogP contribution in [0.25, 0.3) is 0 Å². The number of amides is 2. The molecule has 0 bridgehead atoms. The molecule has 0 aliphatic heterocycles. The highest BCUT2D eigenvalue weighted by molar-refractivity contribution is 9.09. The van der Waals surface area contributed by atoms with Crippen LogP contribution in [0.15, 0.2) is 12.7 Å². The quantitative estimate of drug-likeness (QED) is 0.384. The van der Waals surface area contributed by atoms with Gasteiger partial charge in [0, 0.05) is 5.33 Å². The maximum absolute atomic E-state index is 12.0. The summed E-state index contributed by atoms with van der Waals surface area (Å²) in [7, 11) is 0. The lowest BCUT2D eigenvalue weighted by atomic mass is 10.2. The van der Waals surface area contributed by atoms with Gasteiger partial charge in [0.2, 0.25) is 5.91 Å². The van der Waals surface area contributed by atoms with Crippen LogP contribution in [-0.2, 0) is 14.3 Å². The highest BCUT2D eigenvalue weighted by atomic mass is 79.9. The van der Waals surface area contributed by atoms with Gasteiger partial charge < -0.3 is 20.5 Å². The molecule has 0 aliphatic rings. The second kappa shape index (κ2) is 11.4. The van der Waals surface area contributed by atoms with Crippen molar-refractivity contribution in [1.29, 1.82) is 0 Å². The van der Waals surface area contributed by atoms with Gasteiger partial charge in [-0.25, -0.2) is 9.59 Å². The summed E-state index contributed by atoms with van der Waals surface area (Å²) in [6.45, 7) is 3.42.